The molecule has 2 amide bonds. The van der Waals surface area contributed by atoms with Crippen LogP contribution >= 0.6 is 22.9 Å². The number of carbonyl (C=O) groups excluding carboxylic acids is 3. The molecule has 0 radical (unpaired) electrons. The van der Waals surface area contributed by atoms with E-state index in [4.69, 9.17) is 21.2 Å². The number of rotatable bonds is 5. The van der Waals surface area contributed by atoms with Gasteiger partial charge in [-0.15, -0.1) is 11.3 Å². The first-order valence-electron chi connectivity index (χ1n) is 9.07. The van der Waals surface area contributed by atoms with Crippen molar-refractivity contribution in [2.45, 2.75) is 19.4 Å². The fourth-order valence-electron chi connectivity index (χ4n) is 2.99. The number of methoxy groups -OCH3 is 1. The molecule has 0 saturated carbocycles. The largest absolute Gasteiger partial charge is 0.465 e. The van der Waals surface area contributed by atoms with Gasteiger partial charge in [0.15, 0.2) is 0 Å². The lowest BCUT2D eigenvalue weighted by Crippen LogP contribution is -2.28. The van der Waals surface area contributed by atoms with Crippen molar-refractivity contribution < 1.29 is 28.3 Å². The van der Waals surface area contributed by atoms with E-state index in [1.54, 1.807) is 21.0 Å². The van der Waals surface area contributed by atoms with Crippen molar-refractivity contribution in [1.82, 2.24) is 4.90 Å². The molecule has 0 aliphatic carbocycles. The van der Waals surface area contributed by atoms with Crippen LogP contribution in [0, 0.1) is 12.7 Å². The van der Waals surface area contributed by atoms with Gasteiger partial charge in [0.2, 0.25) is 6.10 Å². The first kappa shape index (κ1) is 22.7. The number of hydrogen-bond acceptors (Lipinski definition) is 7. The molecule has 31 heavy (non-hydrogen) atoms. The zero-order valence-corrected chi connectivity index (χ0v) is 18.7. The SMILES string of the molecule is COC(=O)c1c(NC(=O)C2CC(c3c(F)cccc3Cl)=NO2)sc(C(=O)N(C)C)c1C. The Hall–Kier alpha value is -2.98. The molecular formula is C20H19ClFN3O5S. The molecule has 2 heterocycles. The quantitative estimate of drug-likeness (QED) is 0.679. The number of oxime groups is 1. The lowest BCUT2D eigenvalue weighted by Gasteiger charge is -2.10. The second-order valence-corrected chi connectivity index (χ2v) is 8.30. The second kappa shape index (κ2) is 9.03. The van der Waals surface area contributed by atoms with Crippen LogP contribution < -0.4 is 5.32 Å². The minimum Gasteiger partial charge on any atom is -0.465 e. The summed E-state index contributed by atoms with van der Waals surface area (Å²) in [6.45, 7) is 1.60. The number of hydrogen-bond donors (Lipinski definition) is 1. The molecule has 1 aromatic heterocycles. The topological polar surface area (TPSA) is 97.3 Å². The molecule has 1 unspecified atom stereocenters. The van der Waals surface area contributed by atoms with E-state index in [1.165, 1.54) is 30.2 Å². The number of esters is 1. The highest BCUT2D eigenvalue weighted by Crippen LogP contribution is 2.35. The number of benzene rings is 1. The molecule has 8 nitrogen and oxygen atoms in total. The number of ether oxygens (including phenoxy) is 1. The maximum atomic E-state index is 14.1. The van der Waals surface area contributed by atoms with Gasteiger partial charge < -0.3 is 19.8 Å². The summed E-state index contributed by atoms with van der Waals surface area (Å²) in [6.07, 6.45) is -1.08. The van der Waals surface area contributed by atoms with Gasteiger partial charge >= 0.3 is 5.97 Å². The molecular weight excluding hydrogens is 449 g/mol. The van der Waals surface area contributed by atoms with Crippen molar-refractivity contribution in [1.29, 1.82) is 0 Å². The smallest absolute Gasteiger partial charge is 0.341 e. The van der Waals surface area contributed by atoms with E-state index in [9.17, 15) is 18.8 Å². The summed E-state index contributed by atoms with van der Waals surface area (Å²) in [7, 11) is 4.37. The van der Waals surface area contributed by atoms with Crippen molar-refractivity contribution in [3.8, 4) is 0 Å². The first-order valence-corrected chi connectivity index (χ1v) is 10.3. The fourth-order valence-corrected chi connectivity index (χ4v) is 4.48. The van der Waals surface area contributed by atoms with Crippen LogP contribution in [0.4, 0.5) is 9.39 Å². The van der Waals surface area contributed by atoms with Gasteiger partial charge in [-0.3, -0.25) is 9.59 Å². The van der Waals surface area contributed by atoms with Crippen LogP contribution in [0.25, 0.3) is 0 Å². The van der Waals surface area contributed by atoms with Crippen LogP contribution in [-0.2, 0) is 14.4 Å². The molecule has 2 aromatic rings. The minimum atomic E-state index is -1.06. The number of amides is 2. The zero-order chi connectivity index (χ0) is 22.9. The molecule has 1 N–H and O–H groups in total. The maximum absolute atomic E-state index is 14.1. The molecule has 164 valence electrons. The first-order chi connectivity index (χ1) is 14.6. The average Bonchev–Trinajstić information content (AvgIpc) is 3.32. The van der Waals surface area contributed by atoms with E-state index < -0.39 is 23.8 Å². The van der Waals surface area contributed by atoms with E-state index in [0.717, 1.165) is 11.3 Å². The third-order valence-corrected chi connectivity index (χ3v) is 6.10. The van der Waals surface area contributed by atoms with Crippen LogP contribution in [-0.4, -0.2) is 55.7 Å². The summed E-state index contributed by atoms with van der Waals surface area (Å²) >= 11 is 7.01. The summed E-state index contributed by atoms with van der Waals surface area (Å²) in [5, 5.41) is 6.71. The summed E-state index contributed by atoms with van der Waals surface area (Å²) in [5.41, 5.74) is 0.749. The third-order valence-electron chi connectivity index (χ3n) is 4.59. The van der Waals surface area contributed by atoms with Gasteiger partial charge in [0, 0.05) is 20.5 Å². The van der Waals surface area contributed by atoms with Gasteiger partial charge in [-0.1, -0.05) is 22.8 Å². The Morgan fingerprint density at radius 3 is 2.68 bits per heavy atom. The lowest BCUT2D eigenvalue weighted by molar-refractivity contribution is -0.125. The van der Waals surface area contributed by atoms with Crippen LogP contribution in [0.3, 0.4) is 0 Å². The van der Waals surface area contributed by atoms with Crippen molar-refractivity contribution >= 4 is 51.4 Å². The van der Waals surface area contributed by atoms with Crippen LogP contribution in [0.15, 0.2) is 23.4 Å². The summed E-state index contributed by atoms with van der Waals surface area (Å²) in [4.78, 5) is 44.3. The molecule has 1 aliphatic heterocycles. The monoisotopic (exact) mass is 467 g/mol. The van der Waals surface area contributed by atoms with Crippen molar-refractivity contribution in [2.75, 3.05) is 26.5 Å². The Morgan fingerprint density at radius 2 is 2.06 bits per heavy atom. The van der Waals surface area contributed by atoms with Crippen molar-refractivity contribution in [3.63, 3.8) is 0 Å². The number of anilines is 1. The molecule has 1 atom stereocenters. The summed E-state index contributed by atoms with van der Waals surface area (Å²) in [5.74, 6) is -2.19. The molecule has 0 bridgehead atoms. The minimum absolute atomic E-state index is 0.0200. The van der Waals surface area contributed by atoms with Crippen LogP contribution in [0.1, 0.15) is 37.6 Å². The van der Waals surface area contributed by atoms with Crippen molar-refractivity contribution in [3.05, 3.63) is 50.6 Å². The summed E-state index contributed by atoms with van der Waals surface area (Å²) < 4.78 is 18.9. The van der Waals surface area contributed by atoms with Gasteiger partial charge in [-0.05, 0) is 24.6 Å². The number of carbonyl (C=O) groups is 3. The molecule has 0 spiro atoms. The number of halogens is 2. The second-order valence-electron chi connectivity index (χ2n) is 6.87. The highest BCUT2D eigenvalue weighted by atomic mass is 35.5. The van der Waals surface area contributed by atoms with Crippen LogP contribution in [0.2, 0.25) is 5.02 Å². The predicted octanol–water partition coefficient (Wildman–Crippen LogP) is 3.47. The molecule has 1 aromatic carbocycles. The average molecular weight is 468 g/mol. The molecule has 1 aliphatic rings. The Balaban J connectivity index is 1.83. The van der Waals surface area contributed by atoms with Gasteiger partial charge in [0.05, 0.1) is 33.8 Å². The van der Waals surface area contributed by atoms with Crippen LogP contribution in [0.5, 0.6) is 0 Å². The standard InChI is InChI=1S/C20H19ClFN3O5S/c1-9-14(20(28)29-4)18(31-16(9)19(27)25(2)3)23-17(26)13-8-12(24-30-13)15-10(21)6-5-7-11(15)22/h5-7,13H,8H2,1-4H3,(H,23,26). The van der Waals surface area contributed by atoms with Crippen molar-refractivity contribution in [2.24, 2.45) is 5.16 Å². The third kappa shape index (κ3) is 4.40. The normalized spacial score (nSPS) is 15.2. The number of thiophene rings is 1. The van der Waals surface area contributed by atoms with E-state index in [0.29, 0.717) is 10.4 Å². The highest BCUT2D eigenvalue weighted by molar-refractivity contribution is 7.18. The highest BCUT2D eigenvalue weighted by Gasteiger charge is 2.33. The van der Waals surface area contributed by atoms with E-state index >= 15 is 0 Å². The number of nitrogens with one attached hydrogen (secondary N) is 1. The molecule has 0 saturated heterocycles. The molecule has 3 rings (SSSR count). The lowest BCUT2D eigenvalue weighted by atomic mass is 10.0. The molecule has 0 fully saturated rings. The Kier molecular flexibility index (Phi) is 6.61. The predicted molar refractivity (Wildman–Crippen MR) is 114 cm³/mol. The van der Waals surface area contributed by atoms with Gasteiger partial charge in [-0.2, -0.15) is 0 Å². The Bertz CT molecular complexity index is 1080. The molecule has 11 heteroatoms. The Labute approximate surface area is 186 Å². The van der Waals surface area contributed by atoms with E-state index in [1.807, 2.05) is 0 Å². The zero-order valence-electron chi connectivity index (χ0n) is 17.1. The Morgan fingerprint density at radius 1 is 1.35 bits per heavy atom. The van der Waals surface area contributed by atoms with Gasteiger partial charge in [-0.25, -0.2) is 9.18 Å². The fraction of sp³-hybridized carbons (Fsp3) is 0.300. The van der Waals surface area contributed by atoms with E-state index in [2.05, 4.69) is 10.5 Å². The van der Waals surface area contributed by atoms with E-state index in [-0.39, 0.29) is 39.2 Å². The van der Waals surface area contributed by atoms with Gasteiger partial charge in [0.1, 0.15) is 10.8 Å². The maximum Gasteiger partial charge on any atom is 0.341 e. The summed E-state index contributed by atoms with van der Waals surface area (Å²) in [6, 6.07) is 4.20. The van der Waals surface area contributed by atoms with Gasteiger partial charge in [0.25, 0.3) is 11.8 Å². The number of nitrogens with zero attached hydrogens (tertiary/aromatic N) is 2.